The van der Waals surface area contributed by atoms with Crippen LogP contribution >= 0.6 is 0 Å². The van der Waals surface area contributed by atoms with Crippen LogP contribution in [0.4, 0.5) is 19.4 Å². The summed E-state index contributed by atoms with van der Waals surface area (Å²) in [5.41, 5.74) is 0.0952. The minimum atomic E-state index is -0.654. The predicted octanol–water partition coefficient (Wildman–Crippen LogP) is 2.23. The standard InChI is InChI=1S/C15H17F2N5O/c1-10(12-8-11(16)2-3-13(12)17)22-15(23)21-7-6-20-14-9-18-4-5-19-14/h2-5,8-10H,6-7H2,1H3,(H,19,20)(H2,21,22,23)/t10-/m1/s1. The van der Waals surface area contributed by atoms with Gasteiger partial charge in [-0.05, 0) is 25.1 Å². The zero-order valence-electron chi connectivity index (χ0n) is 12.5. The molecule has 122 valence electrons. The van der Waals surface area contributed by atoms with Gasteiger partial charge < -0.3 is 16.0 Å². The maximum absolute atomic E-state index is 13.6. The number of rotatable bonds is 6. The van der Waals surface area contributed by atoms with E-state index in [1.807, 2.05) is 0 Å². The molecule has 0 aliphatic carbocycles. The number of anilines is 1. The van der Waals surface area contributed by atoms with Gasteiger partial charge >= 0.3 is 6.03 Å². The van der Waals surface area contributed by atoms with Crippen LogP contribution in [0.1, 0.15) is 18.5 Å². The van der Waals surface area contributed by atoms with E-state index in [0.29, 0.717) is 18.9 Å². The fraction of sp³-hybridized carbons (Fsp3) is 0.267. The first-order chi connectivity index (χ1) is 11.1. The molecule has 1 aromatic carbocycles. The van der Waals surface area contributed by atoms with Gasteiger partial charge in [0.25, 0.3) is 0 Å². The topological polar surface area (TPSA) is 78.9 Å². The lowest BCUT2D eigenvalue weighted by Crippen LogP contribution is -2.39. The first-order valence-electron chi connectivity index (χ1n) is 7.05. The van der Waals surface area contributed by atoms with Crippen molar-refractivity contribution in [3.8, 4) is 0 Å². The van der Waals surface area contributed by atoms with Gasteiger partial charge in [0, 0.05) is 31.0 Å². The summed E-state index contributed by atoms with van der Waals surface area (Å²) in [5, 5.41) is 8.14. The van der Waals surface area contributed by atoms with Gasteiger partial charge in [-0.25, -0.2) is 18.6 Å². The van der Waals surface area contributed by atoms with Crippen LogP contribution in [0.25, 0.3) is 0 Å². The fourth-order valence-corrected chi connectivity index (χ4v) is 1.93. The first kappa shape index (κ1) is 16.6. The van der Waals surface area contributed by atoms with E-state index in [1.165, 1.54) is 0 Å². The first-order valence-corrected chi connectivity index (χ1v) is 7.05. The van der Waals surface area contributed by atoms with Crippen LogP contribution in [0.2, 0.25) is 0 Å². The number of urea groups is 1. The van der Waals surface area contributed by atoms with E-state index in [1.54, 1.807) is 25.5 Å². The highest BCUT2D eigenvalue weighted by Crippen LogP contribution is 2.17. The summed E-state index contributed by atoms with van der Waals surface area (Å²) < 4.78 is 26.7. The Balaban J connectivity index is 1.75. The molecule has 0 fully saturated rings. The molecule has 2 amide bonds. The zero-order chi connectivity index (χ0) is 16.7. The number of aromatic nitrogens is 2. The van der Waals surface area contributed by atoms with Crippen LogP contribution in [0, 0.1) is 11.6 Å². The van der Waals surface area contributed by atoms with Gasteiger partial charge in [-0.15, -0.1) is 0 Å². The number of hydrogen-bond donors (Lipinski definition) is 3. The minimum absolute atomic E-state index is 0.0952. The van der Waals surface area contributed by atoms with E-state index in [-0.39, 0.29) is 5.56 Å². The van der Waals surface area contributed by atoms with Crippen LogP contribution in [-0.2, 0) is 0 Å². The molecule has 1 heterocycles. The summed E-state index contributed by atoms with van der Waals surface area (Å²) in [5.74, 6) is -0.517. The van der Waals surface area contributed by atoms with Crippen molar-refractivity contribution < 1.29 is 13.6 Å². The molecule has 23 heavy (non-hydrogen) atoms. The lowest BCUT2D eigenvalue weighted by Gasteiger charge is -2.16. The molecular formula is C15H17F2N5O. The van der Waals surface area contributed by atoms with Gasteiger partial charge in [0.15, 0.2) is 0 Å². The lowest BCUT2D eigenvalue weighted by atomic mass is 10.1. The Hall–Kier alpha value is -2.77. The van der Waals surface area contributed by atoms with Gasteiger partial charge in [0.05, 0.1) is 12.2 Å². The summed E-state index contributed by atoms with van der Waals surface area (Å²) in [7, 11) is 0. The average molecular weight is 321 g/mol. The average Bonchev–Trinajstić information content (AvgIpc) is 2.54. The number of nitrogens with one attached hydrogen (secondary N) is 3. The van der Waals surface area contributed by atoms with Gasteiger partial charge in [-0.1, -0.05) is 0 Å². The Morgan fingerprint density at radius 1 is 1.26 bits per heavy atom. The summed E-state index contributed by atoms with van der Waals surface area (Å²) in [6.07, 6.45) is 4.68. The number of nitrogens with zero attached hydrogens (tertiary/aromatic N) is 2. The summed E-state index contributed by atoms with van der Waals surface area (Å²) in [4.78, 5) is 19.7. The molecule has 8 heteroatoms. The van der Waals surface area contributed by atoms with E-state index in [0.717, 1.165) is 18.2 Å². The monoisotopic (exact) mass is 321 g/mol. The Morgan fingerprint density at radius 2 is 2.09 bits per heavy atom. The van der Waals surface area contributed by atoms with E-state index >= 15 is 0 Å². The summed E-state index contributed by atoms with van der Waals surface area (Å²) in [6.45, 7) is 2.37. The fourth-order valence-electron chi connectivity index (χ4n) is 1.93. The van der Waals surface area contributed by atoms with Crippen molar-refractivity contribution in [1.29, 1.82) is 0 Å². The molecule has 0 saturated heterocycles. The van der Waals surface area contributed by atoms with Crippen molar-refractivity contribution in [2.45, 2.75) is 13.0 Å². The van der Waals surface area contributed by atoms with Crippen molar-refractivity contribution in [2.24, 2.45) is 0 Å². The van der Waals surface area contributed by atoms with Crippen molar-refractivity contribution in [1.82, 2.24) is 20.6 Å². The number of carbonyl (C=O) groups is 1. The second kappa shape index (κ2) is 8.02. The largest absolute Gasteiger partial charge is 0.367 e. The van der Waals surface area contributed by atoms with Crippen molar-refractivity contribution in [3.63, 3.8) is 0 Å². The van der Waals surface area contributed by atoms with Crippen molar-refractivity contribution in [3.05, 3.63) is 54.0 Å². The van der Waals surface area contributed by atoms with Gasteiger partial charge in [0.1, 0.15) is 17.5 Å². The molecule has 0 radical (unpaired) electrons. The van der Waals surface area contributed by atoms with E-state index in [9.17, 15) is 13.6 Å². The Kier molecular flexibility index (Phi) is 5.79. The lowest BCUT2D eigenvalue weighted by molar-refractivity contribution is 0.238. The number of carbonyl (C=O) groups excluding carboxylic acids is 1. The second-order valence-corrected chi connectivity index (χ2v) is 4.81. The molecule has 1 aromatic heterocycles. The number of benzene rings is 1. The van der Waals surface area contributed by atoms with Crippen LogP contribution in [0.15, 0.2) is 36.8 Å². The SMILES string of the molecule is C[C@@H](NC(=O)NCCNc1cnccn1)c1cc(F)ccc1F. The molecule has 2 aromatic rings. The molecule has 0 spiro atoms. The molecular weight excluding hydrogens is 304 g/mol. The van der Waals surface area contributed by atoms with Gasteiger partial charge in [0.2, 0.25) is 0 Å². The minimum Gasteiger partial charge on any atom is -0.367 e. The summed E-state index contributed by atoms with van der Waals surface area (Å²) in [6, 6.07) is 2.01. The number of halogens is 2. The Labute approximate surface area is 132 Å². The third kappa shape index (κ3) is 5.17. The Morgan fingerprint density at radius 3 is 2.83 bits per heavy atom. The maximum Gasteiger partial charge on any atom is 0.315 e. The molecule has 2 rings (SSSR count). The van der Waals surface area contributed by atoms with Crippen molar-refractivity contribution >= 4 is 11.8 Å². The molecule has 3 N–H and O–H groups in total. The van der Waals surface area contributed by atoms with E-state index in [4.69, 9.17) is 0 Å². The molecule has 1 atom stereocenters. The molecule has 0 aliphatic heterocycles. The normalized spacial score (nSPS) is 11.6. The van der Waals surface area contributed by atoms with E-state index < -0.39 is 23.7 Å². The van der Waals surface area contributed by atoms with Gasteiger partial charge in [-0.2, -0.15) is 0 Å². The van der Waals surface area contributed by atoms with E-state index in [2.05, 4.69) is 25.9 Å². The smallest absolute Gasteiger partial charge is 0.315 e. The van der Waals surface area contributed by atoms with Crippen molar-refractivity contribution in [2.75, 3.05) is 18.4 Å². The Bertz CT molecular complexity index is 654. The molecule has 6 nitrogen and oxygen atoms in total. The molecule has 0 unspecified atom stereocenters. The third-order valence-corrected chi connectivity index (χ3v) is 3.05. The number of amides is 2. The van der Waals surface area contributed by atoms with Crippen LogP contribution in [0.3, 0.4) is 0 Å². The second-order valence-electron chi connectivity index (χ2n) is 4.81. The third-order valence-electron chi connectivity index (χ3n) is 3.05. The highest BCUT2D eigenvalue weighted by atomic mass is 19.1. The van der Waals surface area contributed by atoms with Gasteiger partial charge in [-0.3, -0.25) is 4.98 Å². The molecule has 0 aliphatic rings. The quantitative estimate of drug-likeness (QED) is 0.713. The predicted molar refractivity (Wildman–Crippen MR) is 81.8 cm³/mol. The molecule has 0 bridgehead atoms. The number of hydrogen-bond acceptors (Lipinski definition) is 4. The highest BCUT2D eigenvalue weighted by Gasteiger charge is 2.14. The van der Waals surface area contributed by atoms with Crippen LogP contribution < -0.4 is 16.0 Å². The van der Waals surface area contributed by atoms with Crippen LogP contribution in [0.5, 0.6) is 0 Å². The zero-order valence-corrected chi connectivity index (χ0v) is 12.5. The highest BCUT2D eigenvalue weighted by molar-refractivity contribution is 5.74. The maximum atomic E-state index is 13.6. The summed E-state index contributed by atoms with van der Waals surface area (Å²) >= 11 is 0. The van der Waals surface area contributed by atoms with Crippen LogP contribution in [-0.4, -0.2) is 29.1 Å². The molecule has 0 saturated carbocycles.